The molecule has 0 aromatic heterocycles. The van der Waals surface area contributed by atoms with Crippen molar-refractivity contribution in [1.29, 1.82) is 0 Å². The monoisotopic (exact) mass is 799 g/mol. The second kappa shape index (κ2) is 16.5. The van der Waals surface area contributed by atoms with Crippen molar-refractivity contribution >= 4 is 78.6 Å². The van der Waals surface area contributed by atoms with Crippen LogP contribution in [-0.4, -0.2) is 55.5 Å². The van der Waals surface area contributed by atoms with Gasteiger partial charge < -0.3 is 23.7 Å². The van der Waals surface area contributed by atoms with Gasteiger partial charge in [-0.2, -0.15) is 5.10 Å². The molecule has 48 heavy (non-hydrogen) atoms. The van der Waals surface area contributed by atoms with E-state index in [9.17, 15) is 13.2 Å². The normalized spacial score (nSPS) is 11.2. The third-order valence-corrected chi connectivity index (χ3v) is 9.85. The van der Waals surface area contributed by atoms with Gasteiger partial charge in [0.2, 0.25) is 0 Å². The maximum Gasteiger partial charge on any atom is 0.265 e. The van der Waals surface area contributed by atoms with Crippen molar-refractivity contribution in [3.63, 3.8) is 0 Å². The van der Waals surface area contributed by atoms with Crippen molar-refractivity contribution < 1.29 is 36.9 Å². The molecule has 0 saturated carbocycles. The Morgan fingerprint density at radius 1 is 0.833 bits per heavy atom. The molecule has 0 unspecified atom stereocenters. The Morgan fingerprint density at radius 2 is 1.48 bits per heavy atom. The third kappa shape index (κ3) is 8.77. The molecule has 0 aliphatic carbocycles. The fourth-order valence-electron chi connectivity index (χ4n) is 4.35. The highest BCUT2D eigenvalue weighted by atomic mass is 79.9. The van der Waals surface area contributed by atoms with Crippen LogP contribution in [0.2, 0.25) is 15.1 Å². The first-order valence-corrected chi connectivity index (χ1v) is 17.1. The quantitative estimate of drug-likeness (QED) is 0.104. The third-order valence-electron chi connectivity index (χ3n) is 6.68. The number of sulfonamides is 1. The van der Waals surface area contributed by atoms with Crippen LogP contribution in [0.4, 0.5) is 5.69 Å². The van der Waals surface area contributed by atoms with Gasteiger partial charge in [-0.15, -0.1) is 0 Å². The molecule has 16 heteroatoms. The zero-order valence-electron chi connectivity index (χ0n) is 25.9. The SMILES string of the molecule is COc1ccc(S(=O)(=O)N(CC(=O)N/N=C/c2cc(Br)c(OCc3ccc(Cl)cc3Cl)c(OC)c2)c2cc(Cl)ccc2OC)cc1OC. The van der Waals surface area contributed by atoms with Gasteiger partial charge in [-0.25, -0.2) is 13.8 Å². The van der Waals surface area contributed by atoms with Crippen LogP contribution in [0.25, 0.3) is 0 Å². The number of benzene rings is 4. The summed E-state index contributed by atoms with van der Waals surface area (Å²) in [5, 5.41) is 5.22. The zero-order chi connectivity index (χ0) is 35.0. The standard InChI is InChI=1S/C32H29BrCl3N3O8S/c1-43-27-9-7-22(35)14-26(27)39(48(41,42)23-8-10-28(44-2)29(15-23)45-3)17-31(40)38-37-16-19-11-24(33)32(30(12-19)46-4)47-18-20-5-6-21(34)13-25(20)36/h5-16H,17-18H2,1-4H3,(H,38,40)/b37-16+. The maximum absolute atomic E-state index is 14.0. The van der Waals surface area contributed by atoms with Crippen molar-refractivity contribution in [3.05, 3.63) is 97.4 Å². The van der Waals surface area contributed by atoms with Gasteiger partial charge in [-0.05, 0) is 76.1 Å². The Balaban J connectivity index is 1.57. The number of carbonyl (C=O) groups excluding carboxylic acids is 1. The maximum atomic E-state index is 14.0. The van der Waals surface area contributed by atoms with E-state index >= 15 is 0 Å². The largest absolute Gasteiger partial charge is 0.495 e. The first kappa shape index (κ1) is 36.9. The highest BCUT2D eigenvalue weighted by Gasteiger charge is 2.31. The molecule has 0 atom stereocenters. The van der Waals surface area contributed by atoms with Crippen molar-refractivity contribution in [3.8, 4) is 28.7 Å². The van der Waals surface area contributed by atoms with Crippen molar-refractivity contribution in [2.45, 2.75) is 11.5 Å². The summed E-state index contributed by atoms with van der Waals surface area (Å²) in [4.78, 5) is 13.0. The van der Waals surface area contributed by atoms with Crippen molar-refractivity contribution in [2.24, 2.45) is 5.10 Å². The van der Waals surface area contributed by atoms with Gasteiger partial charge in [0.25, 0.3) is 15.9 Å². The number of nitrogens with zero attached hydrogens (tertiary/aromatic N) is 2. The van der Waals surface area contributed by atoms with Crippen molar-refractivity contribution in [2.75, 3.05) is 39.3 Å². The van der Waals surface area contributed by atoms with Crippen LogP contribution in [0, 0.1) is 0 Å². The summed E-state index contributed by atoms with van der Waals surface area (Å²) in [6.07, 6.45) is 1.36. The number of methoxy groups -OCH3 is 4. The van der Waals surface area contributed by atoms with Gasteiger partial charge in [0.15, 0.2) is 23.0 Å². The second-order valence-corrected chi connectivity index (χ2v) is 13.7. The van der Waals surface area contributed by atoms with Crippen LogP contribution in [0.15, 0.2) is 81.2 Å². The number of hydrazone groups is 1. The molecule has 0 saturated heterocycles. The number of hydrogen-bond donors (Lipinski definition) is 1. The zero-order valence-corrected chi connectivity index (χ0v) is 30.6. The molecule has 4 rings (SSSR count). The average molecular weight is 802 g/mol. The van der Waals surface area contributed by atoms with E-state index in [1.165, 1.54) is 71.1 Å². The molecular formula is C32H29BrCl3N3O8S. The Hall–Kier alpha value is -3.88. The summed E-state index contributed by atoms with van der Waals surface area (Å²) in [5.74, 6) is 0.695. The molecule has 11 nitrogen and oxygen atoms in total. The number of nitrogens with one attached hydrogen (secondary N) is 1. The first-order chi connectivity index (χ1) is 22.9. The molecule has 4 aromatic rings. The highest BCUT2D eigenvalue weighted by Crippen LogP contribution is 2.38. The molecule has 254 valence electrons. The summed E-state index contributed by atoms with van der Waals surface area (Å²) in [7, 11) is 1.26. The van der Waals surface area contributed by atoms with Crippen LogP contribution in [-0.2, 0) is 21.4 Å². The van der Waals surface area contributed by atoms with Gasteiger partial charge in [0, 0.05) is 26.7 Å². The summed E-state index contributed by atoms with van der Waals surface area (Å²) >= 11 is 22.0. The van der Waals surface area contributed by atoms with E-state index in [1.807, 2.05) is 0 Å². The second-order valence-electron chi connectivity index (χ2n) is 9.70. The summed E-state index contributed by atoms with van der Waals surface area (Å²) in [5.41, 5.74) is 3.65. The summed E-state index contributed by atoms with van der Waals surface area (Å²) in [6, 6.07) is 16.9. The molecule has 0 fully saturated rings. The van der Waals surface area contributed by atoms with Gasteiger partial charge in [-0.3, -0.25) is 9.10 Å². The van der Waals surface area contributed by atoms with Gasteiger partial charge in [0.1, 0.15) is 18.9 Å². The number of carbonyl (C=O) groups is 1. The van der Waals surface area contributed by atoms with Gasteiger partial charge in [-0.1, -0.05) is 40.9 Å². The van der Waals surface area contributed by atoms with Crippen LogP contribution in [0.1, 0.15) is 11.1 Å². The number of hydrogen-bond acceptors (Lipinski definition) is 9. The minimum absolute atomic E-state index is 0.0306. The Kier molecular flexibility index (Phi) is 12.7. The number of ether oxygens (including phenoxy) is 5. The number of rotatable bonds is 14. The minimum atomic E-state index is -4.39. The molecule has 0 heterocycles. The van der Waals surface area contributed by atoms with Crippen LogP contribution < -0.4 is 33.4 Å². The lowest BCUT2D eigenvalue weighted by Crippen LogP contribution is -2.39. The van der Waals surface area contributed by atoms with Crippen molar-refractivity contribution in [1.82, 2.24) is 5.43 Å². The van der Waals surface area contributed by atoms with E-state index in [1.54, 1.807) is 30.3 Å². The average Bonchev–Trinajstić information content (AvgIpc) is 3.06. The van der Waals surface area contributed by atoms with E-state index in [0.717, 1.165) is 9.87 Å². The fraction of sp³-hybridized carbons (Fsp3) is 0.188. The molecule has 0 bridgehead atoms. The van der Waals surface area contributed by atoms with E-state index in [0.29, 0.717) is 37.3 Å². The lowest BCUT2D eigenvalue weighted by Gasteiger charge is -2.25. The molecule has 0 spiro atoms. The van der Waals surface area contributed by atoms with Gasteiger partial charge in [0.05, 0.1) is 49.7 Å². The highest BCUT2D eigenvalue weighted by molar-refractivity contribution is 9.10. The molecule has 0 radical (unpaired) electrons. The molecular weight excluding hydrogens is 773 g/mol. The first-order valence-electron chi connectivity index (χ1n) is 13.8. The molecule has 0 aliphatic rings. The fourth-order valence-corrected chi connectivity index (χ4v) is 6.99. The minimum Gasteiger partial charge on any atom is -0.495 e. The Bertz CT molecular complexity index is 1950. The summed E-state index contributed by atoms with van der Waals surface area (Å²) in [6.45, 7) is -0.535. The topological polar surface area (TPSA) is 125 Å². The lowest BCUT2D eigenvalue weighted by molar-refractivity contribution is -0.119. The predicted molar refractivity (Wildman–Crippen MR) is 189 cm³/mol. The van der Waals surface area contributed by atoms with Gasteiger partial charge >= 0.3 is 0 Å². The number of amides is 1. The lowest BCUT2D eigenvalue weighted by atomic mass is 10.2. The van der Waals surface area contributed by atoms with Crippen LogP contribution in [0.3, 0.4) is 0 Å². The predicted octanol–water partition coefficient (Wildman–Crippen LogP) is 7.37. The molecule has 4 aromatic carbocycles. The van der Waals surface area contributed by atoms with E-state index in [4.69, 9.17) is 58.5 Å². The van der Waals surface area contributed by atoms with E-state index in [-0.39, 0.29) is 33.7 Å². The van der Waals surface area contributed by atoms with E-state index in [2.05, 4.69) is 26.5 Å². The van der Waals surface area contributed by atoms with Crippen LogP contribution >= 0.6 is 50.7 Å². The summed E-state index contributed by atoms with van der Waals surface area (Å²) < 4.78 is 56.8. The Labute approximate surface area is 301 Å². The molecule has 1 amide bonds. The Morgan fingerprint density at radius 3 is 2.15 bits per heavy atom. The van der Waals surface area contributed by atoms with E-state index < -0.39 is 22.5 Å². The molecule has 1 N–H and O–H groups in total. The molecule has 0 aliphatic heterocycles. The number of halogens is 4. The van der Waals surface area contributed by atoms with Crippen LogP contribution in [0.5, 0.6) is 28.7 Å². The number of anilines is 1. The smallest absolute Gasteiger partial charge is 0.265 e.